The molecule has 0 aliphatic carbocycles. The first-order valence-electron chi connectivity index (χ1n) is 7.39. The molecule has 3 N–H and O–H groups in total. The van der Waals surface area contributed by atoms with Crippen molar-refractivity contribution in [1.82, 2.24) is 25.2 Å². The number of hydrogen-bond donors (Lipinski definition) is 3. The molecular formula is C16H17N5O3. The molecule has 0 aliphatic heterocycles. The number of pyridine rings is 1. The maximum absolute atomic E-state index is 11.8. The van der Waals surface area contributed by atoms with Gasteiger partial charge in [0.05, 0.1) is 12.8 Å². The highest BCUT2D eigenvalue weighted by molar-refractivity contribution is 5.73. The summed E-state index contributed by atoms with van der Waals surface area (Å²) in [7, 11) is 0. The number of hydrogen-bond acceptors (Lipinski definition) is 5. The van der Waals surface area contributed by atoms with E-state index in [1.807, 2.05) is 12.1 Å². The number of carbonyl (C=O) groups is 1. The monoisotopic (exact) mass is 327 g/mol. The van der Waals surface area contributed by atoms with Crippen LogP contribution in [-0.4, -0.2) is 32.2 Å². The molecule has 1 atom stereocenters. The summed E-state index contributed by atoms with van der Waals surface area (Å²) in [6, 6.07) is 6.64. The molecule has 0 radical (unpaired) electrons. The van der Waals surface area contributed by atoms with E-state index in [1.54, 1.807) is 41.6 Å². The van der Waals surface area contributed by atoms with Crippen molar-refractivity contribution in [2.24, 2.45) is 0 Å². The molecule has 124 valence electrons. The Bertz CT molecular complexity index is 771. The summed E-state index contributed by atoms with van der Waals surface area (Å²) in [6.07, 6.45) is 7.39. The van der Waals surface area contributed by atoms with Gasteiger partial charge in [-0.05, 0) is 29.8 Å². The van der Waals surface area contributed by atoms with E-state index in [0.29, 0.717) is 12.3 Å². The van der Waals surface area contributed by atoms with Gasteiger partial charge in [0.25, 0.3) is 0 Å². The molecule has 0 bridgehead atoms. The SMILES string of the molecule is O=C(NCc1ccnc(-n2ccnc2)c1)NCC(O)c1ccco1. The van der Waals surface area contributed by atoms with Crippen LogP contribution in [0.5, 0.6) is 0 Å². The van der Waals surface area contributed by atoms with Gasteiger partial charge >= 0.3 is 6.03 Å². The Labute approximate surface area is 138 Å². The van der Waals surface area contributed by atoms with Gasteiger partial charge in [-0.2, -0.15) is 0 Å². The fourth-order valence-corrected chi connectivity index (χ4v) is 2.12. The fraction of sp³-hybridized carbons (Fsp3) is 0.188. The lowest BCUT2D eigenvalue weighted by Crippen LogP contribution is -2.37. The normalized spacial score (nSPS) is 11.9. The highest BCUT2D eigenvalue weighted by Gasteiger charge is 2.11. The van der Waals surface area contributed by atoms with Crippen molar-refractivity contribution in [3.05, 3.63) is 66.8 Å². The van der Waals surface area contributed by atoms with E-state index < -0.39 is 6.10 Å². The van der Waals surface area contributed by atoms with Gasteiger partial charge in [0, 0.05) is 25.1 Å². The van der Waals surface area contributed by atoms with E-state index in [9.17, 15) is 9.90 Å². The van der Waals surface area contributed by atoms with E-state index in [-0.39, 0.29) is 12.6 Å². The third-order valence-corrected chi connectivity index (χ3v) is 3.36. The maximum Gasteiger partial charge on any atom is 0.315 e. The minimum Gasteiger partial charge on any atom is -0.467 e. The van der Waals surface area contributed by atoms with Crippen LogP contribution in [0.2, 0.25) is 0 Å². The Morgan fingerprint density at radius 3 is 3.00 bits per heavy atom. The summed E-state index contributed by atoms with van der Waals surface area (Å²) < 4.78 is 6.85. The standard InChI is InChI=1S/C16H17N5O3/c22-13(14-2-1-7-24-14)10-20-16(23)19-9-12-3-4-18-15(8-12)21-6-5-17-11-21/h1-8,11,13,22H,9-10H2,(H2,19,20,23). The van der Waals surface area contributed by atoms with Gasteiger partial charge in [0.1, 0.15) is 24.0 Å². The predicted molar refractivity (Wildman–Crippen MR) is 85.3 cm³/mol. The molecule has 3 aromatic heterocycles. The zero-order valence-corrected chi connectivity index (χ0v) is 12.8. The zero-order chi connectivity index (χ0) is 16.8. The maximum atomic E-state index is 11.8. The number of nitrogens with zero attached hydrogens (tertiary/aromatic N) is 3. The quantitative estimate of drug-likeness (QED) is 0.634. The van der Waals surface area contributed by atoms with Crippen molar-refractivity contribution in [3.63, 3.8) is 0 Å². The highest BCUT2D eigenvalue weighted by atomic mass is 16.4. The third kappa shape index (κ3) is 3.99. The summed E-state index contributed by atoms with van der Waals surface area (Å²) in [5.74, 6) is 1.13. The van der Waals surface area contributed by atoms with Gasteiger partial charge in [0.2, 0.25) is 0 Å². The molecule has 8 nitrogen and oxygen atoms in total. The minimum absolute atomic E-state index is 0.0655. The molecular weight excluding hydrogens is 310 g/mol. The smallest absolute Gasteiger partial charge is 0.315 e. The van der Waals surface area contributed by atoms with Crippen molar-refractivity contribution in [2.45, 2.75) is 12.6 Å². The molecule has 1 unspecified atom stereocenters. The first-order chi connectivity index (χ1) is 11.7. The Morgan fingerprint density at radius 2 is 2.25 bits per heavy atom. The van der Waals surface area contributed by atoms with Gasteiger partial charge in [-0.25, -0.2) is 14.8 Å². The van der Waals surface area contributed by atoms with Crippen LogP contribution in [-0.2, 0) is 6.54 Å². The molecule has 0 fully saturated rings. The minimum atomic E-state index is -0.875. The summed E-state index contributed by atoms with van der Waals surface area (Å²) in [6.45, 7) is 0.406. The molecule has 0 spiro atoms. The first kappa shape index (κ1) is 15.8. The number of amides is 2. The molecule has 3 rings (SSSR count). The van der Waals surface area contributed by atoms with Crippen LogP contribution < -0.4 is 10.6 Å². The van der Waals surface area contributed by atoms with Crippen LogP contribution in [0.1, 0.15) is 17.4 Å². The van der Waals surface area contributed by atoms with Crippen molar-refractivity contribution in [2.75, 3.05) is 6.54 Å². The zero-order valence-electron chi connectivity index (χ0n) is 12.8. The second kappa shape index (κ2) is 7.42. The molecule has 3 aromatic rings. The van der Waals surface area contributed by atoms with Gasteiger partial charge in [-0.15, -0.1) is 0 Å². The molecule has 0 aromatic carbocycles. The number of urea groups is 1. The number of imidazole rings is 1. The Balaban J connectivity index is 1.49. The summed E-state index contributed by atoms with van der Waals surface area (Å²) in [5.41, 5.74) is 0.899. The van der Waals surface area contributed by atoms with E-state index in [4.69, 9.17) is 4.42 Å². The van der Waals surface area contributed by atoms with Crippen LogP contribution in [0.15, 0.2) is 59.9 Å². The second-order valence-corrected chi connectivity index (χ2v) is 5.09. The van der Waals surface area contributed by atoms with E-state index in [2.05, 4.69) is 20.6 Å². The Hall–Kier alpha value is -3.13. The number of aliphatic hydroxyl groups is 1. The van der Waals surface area contributed by atoms with Crippen LogP contribution >= 0.6 is 0 Å². The van der Waals surface area contributed by atoms with E-state index in [0.717, 1.165) is 11.4 Å². The van der Waals surface area contributed by atoms with Crippen molar-refractivity contribution in [1.29, 1.82) is 0 Å². The number of aliphatic hydroxyl groups excluding tert-OH is 1. The van der Waals surface area contributed by atoms with Gasteiger partial charge in [-0.3, -0.25) is 4.57 Å². The van der Waals surface area contributed by atoms with E-state index in [1.165, 1.54) is 6.26 Å². The summed E-state index contributed by atoms with van der Waals surface area (Å²) in [5, 5.41) is 15.2. The van der Waals surface area contributed by atoms with Crippen molar-refractivity contribution in [3.8, 4) is 5.82 Å². The Morgan fingerprint density at radius 1 is 1.33 bits per heavy atom. The molecule has 2 amide bonds. The number of furan rings is 1. The van der Waals surface area contributed by atoms with Gasteiger partial charge in [0.15, 0.2) is 0 Å². The molecule has 0 aliphatic rings. The average molecular weight is 327 g/mol. The third-order valence-electron chi connectivity index (χ3n) is 3.36. The summed E-state index contributed by atoms with van der Waals surface area (Å²) >= 11 is 0. The summed E-state index contributed by atoms with van der Waals surface area (Å²) in [4.78, 5) is 20.0. The lowest BCUT2D eigenvalue weighted by atomic mass is 10.2. The second-order valence-electron chi connectivity index (χ2n) is 5.09. The number of aromatic nitrogens is 3. The molecule has 0 saturated heterocycles. The molecule has 0 saturated carbocycles. The van der Waals surface area contributed by atoms with Crippen molar-refractivity contribution < 1.29 is 14.3 Å². The fourth-order valence-electron chi connectivity index (χ4n) is 2.12. The number of nitrogens with one attached hydrogen (secondary N) is 2. The highest BCUT2D eigenvalue weighted by Crippen LogP contribution is 2.11. The van der Waals surface area contributed by atoms with Crippen LogP contribution in [0.3, 0.4) is 0 Å². The largest absolute Gasteiger partial charge is 0.467 e. The first-order valence-corrected chi connectivity index (χ1v) is 7.39. The lowest BCUT2D eigenvalue weighted by molar-refractivity contribution is 0.148. The van der Waals surface area contributed by atoms with Crippen LogP contribution in [0.25, 0.3) is 5.82 Å². The van der Waals surface area contributed by atoms with Crippen molar-refractivity contribution >= 4 is 6.03 Å². The van der Waals surface area contributed by atoms with E-state index >= 15 is 0 Å². The number of rotatable bonds is 6. The predicted octanol–water partition coefficient (Wildman–Crippen LogP) is 1.39. The average Bonchev–Trinajstić information content (AvgIpc) is 3.31. The van der Waals surface area contributed by atoms with Gasteiger partial charge in [-0.1, -0.05) is 0 Å². The van der Waals surface area contributed by atoms with Crippen LogP contribution in [0, 0.1) is 0 Å². The molecule has 3 heterocycles. The Kier molecular flexibility index (Phi) is 4.87. The molecule has 8 heteroatoms. The van der Waals surface area contributed by atoms with Crippen LogP contribution in [0.4, 0.5) is 4.79 Å². The van der Waals surface area contributed by atoms with Gasteiger partial charge < -0.3 is 20.2 Å². The lowest BCUT2D eigenvalue weighted by Gasteiger charge is -2.11. The molecule has 24 heavy (non-hydrogen) atoms. The topological polar surface area (TPSA) is 105 Å². The number of carbonyl (C=O) groups excluding carboxylic acids is 1.